The van der Waals surface area contributed by atoms with Crippen LogP contribution in [0.15, 0.2) is 6.07 Å². The first kappa shape index (κ1) is 13.7. The van der Waals surface area contributed by atoms with Gasteiger partial charge in [-0.25, -0.2) is 0 Å². The fourth-order valence-electron chi connectivity index (χ4n) is 1.29. The van der Waals surface area contributed by atoms with Crippen LogP contribution < -0.4 is 5.32 Å². The Hall–Kier alpha value is 0.590. The molecule has 1 nitrogen and oxygen atoms in total. The number of rotatable bonds is 6. The van der Waals surface area contributed by atoms with Crippen LogP contribution in [0.5, 0.6) is 0 Å². The topological polar surface area (TPSA) is 12.0 Å². The van der Waals surface area contributed by atoms with Crippen molar-refractivity contribution < 1.29 is 0 Å². The molecule has 15 heavy (non-hydrogen) atoms. The molecule has 0 bridgehead atoms. The van der Waals surface area contributed by atoms with Gasteiger partial charge in [-0.1, -0.05) is 23.2 Å². The molecule has 1 heterocycles. The Morgan fingerprint density at radius 3 is 2.80 bits per heavy atom. The van der Waals surface area contributed by atoms with Gasteiger partial charge < -0.3 is 5.32 Å². The first-order valence-electron chi connectivity index (χ1n) is 4.82. The van der Waals surface area contributed by atoms with E-state index >= 15 is 0 Å². The predicted octanol–water partition coefficient (Wildman–Crippen LogP) is 4.46. The van der Waals surface area contributed by atoms with Crippen molar-refractivity contribution in [3.63, 3.8) is 0 Å². The van der Waals surface area contributed by atoms with Gasteiger partial charge in [0.25, 0.3) is 0 Å². The molecule has 5 heteroatoms. The predicted molar refractivity (Wildman–Crippen MR) is 73.8 cm³/mol. The molecule has 0 aliphatic rings. The van der Waals surface area contributed by atoms with E-state index < -0.39 is 0 Å². The number of thiophene rings is 1. The monoisotopic (exact) mass is 283 g/mol. The summed E-state index contributed by atoms with van der Waals surface area (Å²) >= 11 is 15.3. The van der Waals surface area contributed by atoms with E-state index in [-0.39, 0.29) is 6.04 Å². The van der Waals surface area contributed by atoms with Crippen molar-refractivity contribution in [1.82, 2.24) is 5.32 Å². The van der Waals surface area contributed by atoms with Gasteiger partial charge in [0.1, 0.15) is 0 Å². The Morgan fingerprint density at radius 2 is 2.27 bits per heavy atom. The molecule has 0 saturated heterocycles. The van der Waals surface area contributed by atoms with Gasteiger partial charge in [0, 0.05) is 6.04 Å². The highest BCUT2D eigenvalue weighted by Crippen LogP contribution is 2.34. The molecule has 1 atom stereocenters. The van der Waals surface area contributed by atoms with E-state index in [9.17, 15) is 0 Å². The van der Waals surface area contributed by atoms with Crippen LogP contribution in [0, 0.1) is 0 Å². The Morgan fingerprint density at radius 1 is 1.53 bits per heavy atom. The summed E-state index contributed by atoms with van der Waals surface area (Å²) in [6.45, 7) is 3.13. The number of nitrogens with one attached hydrogen (secondary N) is 1. The Balaban J connectivity index is 2.39. The highest BCUT2D eigenvalue weighted by molar-refractivity contribution is 7.98. The quantitative estimate of drug-likeness (QED) is 0.774. The van der Waals surface area contributed by atoms with E-state index in [2.05, 4.69) is 18.5 Å². The van der Waals surface area contributed by atoms with Gasteiger partial charge in [-0.2, -0.15) is 11.8 Å². The molecule has 0 radical (unpaired) electrons. The standard InChI is InChI=1S/C10H15Cl2NS2/c1-7(13-4-3-5-14-2)8-6-9(11)15-10(8)12/h6-7,13H,3-5H2,1-2H3. The second kappa shape index (κ2) is 7.02. The third kappa shape index (κ3) is 4.53. The smallest absolute Gasteiger partial charge is 0.0991 e. The summed E-state index contributed by atoms with van der Waals surface area (Å²) in [6, 6.07) is 2.23. The van der Waals surface area contributed by atoms with E-state index in [1.807, 2.05) is 17.8 Å². The fraction of sp³-hybridized carbons (Fsp3) is 0.600. The second-order valence-corrected chi connectivity index (χ2v) is 6.57. The van der Waals surface area contributed by atoms with Gasteiger partial charge >= 0.3 is 0 Å². The van der Waals surface area contributed by atoms with Crippen LogP contribution in [-0.2, 0) is 0 Å². The summed E-state index contributed by atoms with van der Waals surface area (Å²) in [6.07, 6.45) is 3.31. The van der Waals surface area contributed by atoms with Crippen LogP contribution in [0.25, 0.3) is 0 Å². The lowest BCUT2D eigenvalue weighted by Crippen LogP contribution is -2.20. The van der Waals surface area contributed by atoms with Crippen molar-refractivity contribution in [2.75, 3.05) is 18.6 Å². The second-order valence-electron chi connectivity index (χ2n) is 3.30. The van der Waals surface area contributed by atoms with Crippen LogP contribution in [0.4, 0.5) is 0 Å². The third-order valence-electron chi connectivity index (χ3n) is 2.13. The van der Waals surface area contributed by atoms with Crippen molar-refractivity contribution in [1.29, 1.82) is 0 Å². The Bertz CT molecular complexity index is 302. The molecule has 1 aromatic heterocycles. The highest BCUT2D eigenvalue weighted by Gasteiger charge is 2.12. The fourth-order valence-corrected chi connectivity index (χ4v) is 3.37. The molecule has 0 aliphatic heterocycles. The molecular weight excluding hydrogens is 269 g/mol. The lowest BCUT2D eigenvalue weighted by atomic mass is 10.2. The minimum atomic E-state index is 0.281. The SMILES string of the molecule is CSCCCNC(C)c1cc(Cl)sc1Cl. The average molecular weight is 284 g/mol. The molecule has 0 fully saturated rings. The van der Waals surface area contributed by atoms with E-state index in [4.69, 9.17) is 23.2 Å². The normalized spacial score (nSPS) is 13.1. The zero-order chi connectivity index (χ0) is 11.3. The largest absolute Gasteiger partial charge is 0.310 e. The maximum Gasteiger partial charge on any atom is 0.0991 e. The average Bonchev–Trinajstić information content (AvgIpc) is 2.52. The van der Waals surface area contributed by atoms with Gasteiger partial charge in [0.2, 0.25) is 0 Å². The molecule has 0 aliphatic carbocycles. The number of thioether (sulfide) groups is 1. The summed E-state index contributed by atoms with van der Waals surface area (Å²) in [5, 5.41) is 3.44. The molecular formula is C10H15Cl2NS2. The molecule has 1 aromatic rings. The van der Waals surface area contributed by atoms with Crippen LogP contribution in [0.2, 0.25) is 8.67 Å². The maximum absolute atomic E-state index is 6.07. The molecule has 86 valence electrons. The van der Waals surface area contributed by atoms with Crippen LogP contribution in [-0.4, -0.2) is 18.6 Å². The van der Waals surface area contributed by atoms with E-state index in [0.29, 0.717) is 0 Å². The first-order valence-corrected chi connectivity index (χ1v) is 7.79. The van der Waals surface area contributed by atoms with Crippen LogP contribution in [0.1, 0.15) is 24.9 Å². The molecule has 1 N–H and O–H groups in total. The molecule has 0 saturated carbocycles. The lowest BCUT2D eigenvalue weighted by molar-refractivity contribution is 0.574. The number of halogens is 2. The molecule has 0 aromatic carbocycles. The van der Waals surface area contributed by atoms with Gasteiger partial charge in [-0.05, 0) is 43.5 Å². The summed E-state index contributed by atoms with van der Waals surface area (Å²) in [4.78, 5) is 0. The highest BCUT2D eigenvalue weighted by atomic mass is 35.5. The van der Waals surface area contributed by atoms with Crippen molar-refractivity contribution in [3.05, 3.63) is 20.3 Å². The van der Waals surface area contributed by atoms with Crippen LogP contribution >= 0.6 is 46.3 Å². The maximum atomic E-state index is 6.07. The van der Waals surface area contributed by atoms with Gasteiger partial charge in [0.05, 0.1) is 8.67 Å². The number of hydrogen-bond donors (Lipinski definition) is 1. The lowest BCUT2D eigenvalue weighted by Gasteiger charge is -2.12. The minimum absolute atomic E-state index is 0.281. The molecule has 1 unspecified atom stereocenters. The van der Waals surface area contributed by atoms with E-state index in [1.165, 1.54) is 23.5 Å². The van der Waals surface area contributed by atoms with Crippen molar-refractivity contribution in [2.24, 2.45) is 0 Å². The van der Waals surface area contributed by atoms with E-state index in [1.54, 1.807) is 0 Å². The van der Waals surface area contributed by atoms with Gasteiger partial charge in [-0.15, -0.1) is 11.3 Å². The van der Waals surface area contributed by atoms with Crippen LogP contribution in [0.3, 0.4) is 0 Å². The molecule has 1 rings (SSSR count). The van der Waals surface area contributed by atoms with Crippen molar-refractivity contribution in [3.8, 4) is 0 Å². The third-order valence-corrected chi connectivity index (χ3v) is 4.34. The Labute approximate surface area is 110 Å². The zero-order valence-electron chi connectivity index (χ0n) is 8.85. The van der Waals surface area contributed by atoms with Gasteiger partial charge in [-0.3, -0.25) is 0 Å². The van der Waals surface area contributed by atoms with Crippen molar-refractivity contribution >= 4 is 46.3 Å². The molecule has 0 spiro atoms. The van der Waals surface area contributed by atoms with E-state index in [0.717, 1.165) is 20.8 Å². The van der Waals surface area contributed by atoms with Gasteiger partial charge in [0.15, 0.2) is 0 Å². The van der Waals surface area contributed by atoms with Crippen molar-refractivity contribution in [2.45, 2.75) is 19.4 Å². The first-order chi connectivity index (χ1) is 7.15. The summed E-state index contributed by atoms with van der Waals surface area (Å²) in [5.41, 5.74) is 1.11. The minimum Gasteiger partial charge on any atom is -0.310 e. The summed E-state index contributed by atoms with van der Waals surface area (Å²) in [5.74, 6) is 1.19. The summed E-state index contributed by atoms with van der Waals surface area (Å²) in [7, 11) is 0. The number of hydrogen-bond acceptors (Lipinski definition) is 3. The Kier molecular flexibility index (Phi) is 6.39. The molecule has 0 amide bonds. The zero-order valence-corrected chi connectivity index (χ0v) is 12.0. The summed E-state index contributed by atoms with van der Waals surface area (Å²) < 4.78 is 1.55.